The molecular formula is C8H13NO4. The molecule has 0 aromatic rings. The van der Waals surface area contributed by atoms with Crippen LogP contribution in [0.2, 0.25) is 0 Å². The van der Waals surface area contributed by atoms with Crippen LogP contribution in [0, 0.1) is 11.8 Å². The van der Waals surface area contributed by atoms with Crippen molar-refractivity contribution in [2.24, 2.45) is 17.6 Å². The Morgan fingerprint density at radius 1 is 1.85 bits per heavy atom. The van der Waals surface area contributed by atoms with Gasteiger partial charge in [-0.2, -0.15) is 0 Å². The molecule has 0 spiro atoms. The van der Waals surface area contributed by atoms with Crippen molar-refractivity contribution >= 4 is 11.9 Å². The molecule has 0 heterocycles. The number of hydrogen-bond acceptors (Lipinski definition) is 4. The molecule has 5 nitrogen and oxygen atoms in total. The van der Waals surface area contributed by atoms with Gasteiger partial charge in [-0.15, -0.1) is 0 Å². The smallest absolute Gasteiger partial charge is 0.320 e. The molecule has 1 unspecified atom stereocenters. The normalized spacial score (nSPS) is 31.2. The summed E-state index contributed by atoms with van der Waals surface area (Å²) in [6.45, 7) is 0. The Labute approximate surface area is 78.7 Å². The number of carbonyl (C=O) groups excluding carboxylic acids is 1. The van der Waals surface area contributed by atoms with Crippen molar-refractivity contribution in [2.75, 3.05) is 7.11 Å². The molecule has 0 aromatic carbocycles. The van der Waals surface area contributed by atoms with Gasteiger partial charge >= 0.3 is 11.9 Å². The Balaban J connectivity index is 2.66. The van der Waals surface area contributed by atoms with Gasteiger partial charge in [0.1, 0.15) is 6.04 Å². The Morgan fingerprint density at radius 2 is 2.46 bits per heavy atom. The first kappa shape index (κ1) is 7.32. The van der Waals surface area contributed by atoms with Crippen molar-refractivity contribution in [1.82, 2.24) is 0 Å². The minimum absolute atomic E-state index is 0.292. The summed E-state index contributed by atoms with van der Waals surface area (Å²) in [5.41, 5.74) is 5.21. The van der Waals surface area contributed by atoms with Crippen LogP contribution < -0.4 is 5.73 Å². The highest BCUT2D eigenvalue weighted by Crippen LogP contribution is 2.42. The molecule has 3 atom stereocenters. The van der Waals surface area contributed by atoms with Crippen LogP contribution in [0.5, 0.6) is 0 Å². The van der Waals surface area contributed by atoms with Gasteiger partial charge in [-0.05, 0) is 18.7 Å². The van der Waals surface area contributed by atoms with E-state index in [9.17, 15) is 9.59 Å². The fourth-order valence-corrected chi connectivity index (χ4v) is 1.09. The van der Waals surface area contributed by atoms with Crippen molar-refractivity contribution < 1.29 is 22.2 Å². The third kappa shape index (κ3) is 2.42. The minimum atomic E-state index is -2.08. The van der Waals surface area contributed by atoms with E-state index in [0.29, 0.717) is 6.42 Å². The van der Waals surface area contributed by atoms with E-state index >= 15 is 0 Å². The fraction of sp³-hybridized carbons (Fsp3) is 0.750. The molecule has 0 bridgehead atoms. The molecule has 0 saturated heterocycles. The van der Waals surface area contributed by atoms with Crippen molar-refractivity contribution in [1.29, 1.82) is 0 Å². The molecule has 74 valence electrons. The maximum atomic E-state index is 11.0. The van der Waals surface area contributed by atoms with Gasteiger partial charge in [0.25, 0.3) is 0 Å². The number of methoxy groups -OCH3 is 1. The molecule has 13 heavy (non-hydrogen) atoms. The number of ether oxygens (including phenoxy) is 1. The first-order valence-corrected chi connectivity index (χ1v) is 3.88. The maximum absolute atomic E-state index is 11.0. The van der Waals surface area contributed by atoms with E-state index in [2.05, 4.69) is 4.74 Å². The Morgan fingerprint density at radius 3 is 2.92 bits per heavy atom. The third-order valence-corrected chi connectivity index (χ3v) is 1.95. The van der Waals surface area contributed by atoms with Crippen LogP contribution in [-0.2, 0) is 14.3 Å². The van der Waals surface area contributed by atoms with Crippen LogP contribution in [0.25, 0.3) is 0 Å². The van der Waals surface area contributed by atoms with E-state index in [1.165, 1.54) is 7.11 Å². The van der Waals surface area contributed by atoms with E-state index in [-0.39, 0.29) is 0 Å². The molecule has 0 amide bonds. The highest BCUT2D eigenvalue weighted by molar-refractivity contribution is 5.76. The zero-order valence-corrected chi connectivity index (χ0v) is 7.19. The van der Waals surface area contributed by atoms with Gasteiger partial charge in [0.2, 0.25) is 0 Å². The lowest BCUT2D eigenvalue weighted by Gasteiger charge is -2.04. The highest BCUT2D eigenvalue weighted by Gasteiger charge is 2.45. The van der Waals surface area contributed by atoms with E-state index in [1.807, 2.05) is 0 Å². The molecule has 1 fully saturated rings. The number of nitrogens with two attached hydrogens (primary N) is 1. The molecule has 1 aliphatic rings. The quantitative estimate of drug-likeness (QED) is 0.587. The van der Waals surface area contributed by atoms with Gasteiger partial charge in [-0.3, -0.25) is 9.59 Å². The molecule has 0 aromatic heterocycles. The summed E-state index contributed by atoms with van der Waals surface area (Å²) >= 11 is 0. The molecular weight excluding hydrogens is 174 g/mol. The second-order valence-electron chi connectivity index (χ2n) is 2.95. The van der Waals surface area contributed by atoms with Crippen molar-refractivity contribution in [3.8, 4) is 0 Å². The summed E-state index contributed by atoms with van der Waals surface area (Å²) in [5.74, 6) is -3.14. The summed E-state index contributed by atoms with van der Waals surface area (Å²) in [6, 6.07) is -1.61. The number of rotatable bonds is 4. The summed E-state index contributed by atoms with van der Waals surface area (Å²) in [7, 11) is 1.21. The lowest BCUT2D eigenvalue weighted by molar-refractivity contribution is -0.143. The summed E-state index contributed by atoms with van der Waals surface area (Å²) in [4.78, 5) is 21.6. The first-order valence-electron chi connectivity index (χ1n) is 4.88. The molecule has 1 saturated carbocycles. The minimum Gasteiger partial charge on any atom is -0.480 e. The predicted molar refractivity (Wildman–Crippen MR) is 43.8 cm³/mol. The number of carboxylic acids is 1. The average Bonchev–Trinajstić information content (AvgIpc) is 2.95. The van der Waals surface area contributed by atoms with Gasteiger partial charge < -0.3 is 15.6 Å². The maximum Gasteiger partial charge on any atom is 0.320 e. The van der Waals surface area contributed by atoms with Crippen molar-refractivity contribution in [2.45, 2.75) is 18.8 Å². The fourth-order valence-electron chi connectivity index (χ4n) is 1.09. The summed E-state index contributed by atoms with van der Waals surface area (Å²) in [6.07, 6.45) is -1.79. The lowest BCUT2D eigenvalue weighted by Crippen LogP contribution is -2.30. The zero-order chi connectivity index (χ0) is 11.8. The SMILES string of the molecule is [2H]C([2H])(C(N)C(=O)O)[C@@H]1C[C@H]1C(=O)OC. The van der Waals surface area contributed by atoms with Gasteiger partial charge in [0, 0.05) is 2.74 Å². The van der Waals surface area contributed by atoms with Crippen LogP contribution in [0.3, 0.4) is 0 Å². The van der Waals surface area contributed by atoms with Gasteiger partial charge in [0.05, 0.1) is 13.0 Å². The Kier molecular flexibility index (Phi) is 2.11. The van der Waals surface area contributed by atoms with Crippen LogP contribution in [0.15, 0.2) is 0 Å². The predicted octanol–water partition coefficient (Wildman–Crippen LogP) is -0.402. The first-order chi connectivity index (χ1) is 6.82. The van der Waals surface area contributed by atoms with Crippen LogP contribution in [0.4, 0.5) is 0 Å². The number of aliphatic carboxylic acids is 1. The molecule has 5 heteroatoms. The monoisotopic (exact) mass is 189 g/mol. The second kappa shape index (κ2) is 3.74. The van der Waals surface area contributed by atoms with Gasteiger partial charge in [-0.1, -0.05) is 0 Å². The van der Waals surface area contributed by atoms with Crippen LogP contribution in [0.1, 0.15) is 15.5 Å². The molecule has 0 aliphatic heterocycles. The van der Waals surface area contributed by atoms with Crippen molar-refractivity contribution in [3.05, 3.63) is 0 Å². The molecule has 0 radical (unpaired) electrons. The van der Waals surface area contributed by atoms with E-state index in [1.54, 1.807) is 0 Å². The van der Waals surface area contributed by atoms with E-state index < -0.39 is 36.2 Å². The van der Waals surface area contributed by atoms with Gasteiger partial charge in [-0.25, -0.2) is 0 Å². The topological polar surface area (TPSA) is 89.6 Å². The second-order valence-corrected chi connectivity index (χ2v) is 2.95. The molecule has 1 rings (SSSR count). The molecule has 3 N–H and O–H groups in total. The third-order valence-electron chi connectivity index (χ3n) is 1.95. The highest BCUT2D eigenvalue weighted by atomic mass is 16.5. The van der Waals surface area contributed by atoms with Crippen LogP contribution in [-0.4, -0.2) is 30.2 Å². The molecule has 1 aliphatic carbocycles. The number of carboxylic acid groups (broad SMARTS) is 1. The van der Waals surface area contributed by atoms with E-state index in [0.717, 1.165) is 0 Å². The summed E-state index contributed by atoms with van der Waals surface area (Å²) < 4.78 is 19.5. The zero-order valence-electron chi connectivity index (χ0n) is 9.19. The average molecular weight is 189 g/mol. The number of esters is 1. The largest absolute Gasteiger partial charge is 0.480 e. The van der Waals surface area contributed by atoms with Crippen molar-refractivity contribution in [3.63, 3.8) is 0 Å². The van der Waals surface area contributed by atoms with Gasteiger partial charge in [0.15, 0.2) is 0 Å². The number of carbonyl (C=O) groups is 2. The Hall–Kier alpha value is -1.10. The standard InChI is InChI=1S/C8H13NO4/c1-13-8(12)5-2-4(5)3-6(9)7(10)11/h4-6H,2-3,9H2,1H3,(H,10,11)/t4-,5+,6?/m0/s1/i3D2. The number of hydrogen-bond donors (Lipinski definition) is 2. The Bertz CT molecular complexity index is 294. The van der Waals surface area contributed by atoms with Crippen LogP contribution >= 0.6 is 0 Å². The lowest BCUT2D eigenvalue weighted by atomic mass is 10.1. The summed E-state index contributed by atoms with van der Waals surface area (Å²) in [5, 5.41) is 8.60. The van der Waals surface area contributed by atoms with E-state index in [4.69, 9.17) is 13.6 Å².